The smallest absolute Gasteiger partial charge is 0.302 e. The third-order valence-electron chi connectivity index (χ3n) is 4.28. The number of nitrogens with zero attached hydrogens (tertiary/aromatic N) is 3. The van der Waals surface area contributed by atoms with Crippen molar-refractivity contribution < 1.29 is 19.1 Å². The van der Waals surface area contributed by atoms with Crippen LogP contribution >= 0.6 is 11.6 Å². The topological polar surface area (TPSA) is 227 Å². The van der Waals surface area contributed by atoms with Gasteiger partial charge in [-0.05, 0) is 37.0 Å². The summed E-state index contributed by atoms with van der Waals surface area (Å²) < 4.78 is 5.35. The molecule has 0 atom stereocenters. The highest BCUT2D eigenvalue weighted by Crippen LogP contribution is 2.18. The van der Waals surface area contributed by atoms with Crippen LogP contribution in [0, 0.1) is 0 Å². The average molecular weight is 492 g/mol. The number of amides is 3. The number of carbonyl (C=O) groups is 3. The lowest BCUT2D eigenvalue weighted by atomic mass is 10.1. The number of aliphatic imine (C=N–C) groups is 1. The van der Waals surface area contributed by atoms with Crippen molar-refractivity contribution in [2.24, 2.45) is 16.5 Å². The van der Waals surface area contributed by atoms with Crippen LogP contribution in [-0.4, -0.2) is 53.3 Å². The monoisotopic (exact) mass is 491 g/mol. The predicted octanol–water partition coefficient (Wildman–Crippen LogP) is -0.658. The quantitative estimate of drug-likeness (QED) is 0.132. The second kappa shape index (κ2) is 12.8. The number of primary amides is 1. The zero-order valence-corrected chi connectivity index (χ0v) is 19.0. The fraction of sp³-hybridized carbons (Fsp3) is 0.300. The number of guanidine groups is 1. The third-order valence-corrected chi connectivity index (χ3v) is 4.56. The molecule has 0 aliphatic heterocycles. The van der Waals surface area contributed by atoms with E-state index in [1.54, 1.807) is 12.1 Å². The summed E-state index contributed by atoms with van der Waals surface area (Å²) in [5.74, 6) is -1.68. The van der Waals surface area contributed by atoms with E-state index in [9.17, 15) is 14.4 Å². The van der Waals surface area contributed by atoms with Crippen molar-refractivity contribution in [3.63, 3.8) is 0 Å². The molecule has 0 bridgehead atoms. The number of nitrogens with two attached hydrogens (primary N) is 4. The fourth-order valence-corrected chi connectivity index (χ4v) is 2.74. The van der Waals surface area contributed by atoms with E-state index in [0.717, 1.165) is 24.8 Å². The van der Waals surface area contributed by atoms with Crippen LogP contribution in [0.5, 0.6) is 5.75 Å². The molecule has 2 rings (SSSR count). The first-order chi connectivity index (χ1) is 16.2. The Labute approximate surface area is 200 Å². The Morgan fingerprint density at radius 1 is 1.00 bits per heavy atom. The first-order valence-corrected chi connectivity index (χ1v) is 10.5. The van der Waals surface area contributed by atoms with Gasteiger partial charge in [-0.2, -0.15) is 4.99 Å². The van der Waals surface area contributed by atoms with Crippen molar-refractivity contribution >= 4 is 46.9 Å². The van der Waals surface area contributed by atoms with E-state index in [4.69, 9.17) is 39.3 Å². The van der Waals surface area contributed by atoms with E-state index >= 15 is 0 Å². The van der Waals surface area contributed by atoms with Crippen LogP contribution in [0.15, 0.2) is 29.3 Å². The summed E-state index contributed by atoms with van der Waals surface area (Å²) in [5, 5.41) is 5.03. The van der Waals surface area contributed by atoms with Gasteiger partial charge < -0.3 is 38.3 Å². The summed E-state index contributed by atoms with van der Waals surface area (Å²) in [5.41, 5.74) is 22.6. The number of hydrogen-bond donors (Lipinski definition) is 6. The summed E-state index contributed by atoms with van der Waals surface area (Å²) in [7, 11) is 0. The van der Waals surface area contributed by atoms with Crippen LogP contribution in [0.2, 0.25) is 5.15 Å². The molecule has 1 aromatic carbocycles. The number of aromatic nitrogens is 2. The Morgan fingerprint density at radius 2 is 1.71 bits per heavy atom. The Morgan fingerprint density at radius 3 is 2.38 bits per heavy atom. The number of anilines is 2. The first kappa shape index (κ1) is 26.1. The highest BCUT2D eigenvalue weighted by molar-refractivity contribution is 6.31. The molecule has 0 radical (unpaired) electrons. The Balaban J connectivity index is 1.69. The number of nitrogens with one attached hydrogen (secondary N) is 2. The van der Waals surface area contributed by atoms with E-state index in [0.29, 0.717) is 12.3 Å². The van der Waals surface area contributed by atoms with Gasteiger partial charge in [-0.15, -0.1) is 0 Å². The number of unbranched alkanes of at least 4 members (excludes halogenated alkanes) is 1. The summed E-state index contributed by atoms with van der Waals surface area (Å²) in [6.07, 6.45) is 2.40. The van der Waals surface area contributed by atoms with Crippen molar-refractivity contribution in [1.82, 2.24) is 20.6 Å². The zero-order valence-electron chi connectivity index (χ0n) is 18.2. The van der Waals surface area contributed by atoms with Gasteiger partial charge in [0, 0.05) is 6.54 Å². The van der Waals surface area contributed by atoms with Crippen LogP contribution in [-0.2, 0) is 16.0 Å². The van der Waals surface area contributed by atoms with E-state index in [1.165, 1.54) is 0 Å². The Bertz CT molecular complexity index is 1060. The number of hydrogen-bond acceptors (Lipinski definition) is 8. The molecule has 14 heteroatoms. The molecule has 0 aliphatic carbocycles. The van der Waals surface area contributed by atoms with Gasteiger partial charge in [0.05, 0.1) is 6.54 Å². The maximum absolute atomic E-state index is 12.1. The lowest BCUT2D eigenvalue weighted by molar-refractivity contribution is -0.126. The van der Waals surface area contributed by atoms with Crippen molar-refractivity contribution in [3.8, 4) is 5.75 Å². The first-order valence-electron chi connectivity index (χ1n) is 10.1. The summed E-state index contributed by atoms with van der Waals surface area (Å²) in [6, 6.07) is 7.29. The van der Waals surface area contributed by atoms with Gasteiger partial charge in [0.15, 0.2) is 35.0 Å². The Hall–Kier alpha value is -4.13. The standard InChI is InChI=1S/C20H26ClN9O4/c21-16-18(24)29-17(23)15(28-16)19(33)30-20(25)26-8-2-1-3-11-4-6-12(7-5-11)34-10-14(32)27-9-13(22)31/h4-7H,1-3,8-10H2,(H2,22,31)(H,27,32)(H4,23,24,29)(H3,25,26,30,33). The molecule has 0 saturated heterocycles. The van der Waals surface area contributed by atoms with Gasteiger partial charge in [0.2, 0.25) is 5.91 Å². The molecule has 0 unspecified atom stereocenters. The van der Waals surface area contributed by atoms with E-state index < -0.39 is 17.7 Å². The number of rotatable bonds is 11. The molecular formula is C20H26ClN9O4. The average Bonchev–Trinajstić information content (AvgIpc) is 2.79. The molecule has 0 fully saturated rings. The van der Waals surface area contributed by atoms with Gasteiger partial charge >= 0.3 is 5.91 Å². The molecule has 13 nitrogen and oxygen atoms in total. The van der Waals surface area contributed by atoms with E-state index in [-0.39, 0.29) is 41.6 Å². The molecule has 1 aromatic heterocycles. The van der Waals surface area contributed by atoms with Crippen LogP contribution in [0.25, 0.3) is 0 Å². The highest BCUT2D eigenvalue weighted by Gasteiger charge is 2.15. The lowest BCUT2D eigenvalue weighted by Gasteiger charge is -2.08. The molecule has 34 heavy (non-hydrogen) atoms. The number of nitrogen functional groups attached to an aromatic ring is 2. The second-order valence-electron chi connectivity index (χ2n) is 7.00. The number of ether oxygens (including phenoxy) is 1. The summed E-state index contributed by atoms with van der Waals surface area (Å²) >= 11 is 5.75. The van der Waals surface area contributed by atoms with Gasteiger partial charge in [-0.1, -0.05) is 23.7 Å². The molecule has 0 spiro atoms. The largest absolute Gasteiger partial charge is 0.484 e. The van der Waals surface area contributed by atoms with Crippen molar-refractivity contribution in [3.05, 3.63) is 40.7 Å². The van der Waals surface area contributed by atoms with Crippen LogP contribution in [0.4, 0.5) is 11.6 Å². The minimum atomic E-state index is -0.787. The van der Waals surface area contributed by atoms with Crippen molar-refractivity contribution in [2.45, 2.75) is 19.3 Å². The van der Waals surface area contributed by atoms with Gasteiger partial charge in [0.1, 0.15) is 5.75 Å². The van der Waals surface area contributed by atoms with Crippen molar-refractivity contribution in [1.29, 1.82) is 0 Å². The maximum Gasteiger partial charge on any atom is 0.302 e. The van der Waals surface area contributed by atoms with Gasteiger partial charge in [-0.3, -0.25) is 14.4 Å². The molecular weight excluding hydrogens is 466 g/mol. The zero-order chi connectivity index (χ0) is 25.1. The lowest BCUT2D eigenvalue weighted by Crippen LogP contribution is -2.36. The second-order valence-corrected chi connectivity index (χ2v) is 7.35. The summed E-state index contributed by atoms with van der Waals surface area (Å²) in [4.78, 5) is 45.5. The molecule has 182 valence electrons. The SMILES string of the molecule is NC(=O)CNC(=O)COc1ccc(CCCCNC(N)=NC(=O)c2nc(Cl)c(N)nc2N)cc1. The molecule has 0 saturated carbocycles. The highest BCUT2D eigenvalue weighted by atomic mass is 35.5. The molecule has 0 aliphatic rings. The minimum absolute atomic E-state index is 0.0829. The van der Waals surface area contributed by atoms with Crippen LogP contribution in [0.3, 0.4) is 0 Å². The molecule has 1 heterocycles. The minimum Gasteiger partial charge on any atom is -0.484 e. The number of carbonyl (C=O) groups excluding carboxylic acids is 3. The molecule has 10 N–H and O–H groups in total. The number of halogens is 1. The maximum atomic E-state index is 12.1. The summed E-state index contributed by atoms with van der Waals surface area (Å²) in [6.45, 7) is 0.0484. The van der Waals surface area contributed by atoms with E-state index in [1.807, 2.05) is 12.1 Å². The Kier molecular flexibility index (Phi) is 9.83. The van der Waals surface area contributed by atoms with Crippen LogP contribution in [0.1, 0.15) is 28.9 Å². The molecule has 2 aromatic rings. The van der Waals surface area contributed by atoms with Crippen molar-refractivity contribution in [2.75, 3.05) is 31.2 Å². The number of aryl methyl sites for hydroxylation is 1. The fourth-order valence-electron chi connectivity index (χ4n) is 2.61. The molecule has 3 amide bonds. The van der Waals surface area contributed by atoms with Crippen LogP contribution < -0.4 is 38.3 Å². The normalized spacial score (nSPS) is 11.0. The van der Waals surface area contributed by atoms with Gasteiger partial charge in [0.25, 0.3) is 5.91 Å². The third kappa shape index (κ3) is 8.78. The van der Waals surface area contributed by atoms with E-state index in [2.05, 4.69) is 25.6 Å². The number of benzene rings is 1. The van der Waals surface area contributed by atoms with Gasteiger partial charge in [-0.25, -0.2) is 9.97 Å². The predicted molar refractivity (Wildman–Crippen MR) is 127 cm³/mol.